The molecule has 0 aliphatic rings. The molecule has 2 heteroatoms. The van der Waals surface area contributed by atoms with Crippen molar-refractivity contribution in [3.63, 3.8) is 0 Å². The highest BCUT2D eigenvalue weighted by molar-refractivity contribution is 7.11. The van der Waals surface area contributed by atoms with Gasteiger partial charge >= 0.3 is 0 Å². The van der Waals surface area contributed by atoms with Gasteiger partial charge in [0.1, 0.15) is 0 Å². The van der Waals surface area contributed by atoms with Gasteiger partial charge in [-0.05, 0) is 37.6 Å². The second-order valence-electron chi connectivity index (χ2n) is 4.59. The van der Waals surface area contributed by atoms with Crippen molar-refractivity contribution < 1.29 is 0 Å². The van der Waals surface area contributed by atoms with Crippen LogP contribution in [0.25, 0.3) is 0 Å². The molecule has 2 aromatic rings. The van der Waals surface area contributed by atoms with Gasteiger partial charge in [0.2, 0.25) is 0 Å². The van der Waals surface area contributed by atoms with Crippen LogP contribution in [-0.4, -0.2) is 13.6 Å². The van der Waals surface area contributed by atoms with Crippen molar-refractivity contribution in [3.8, 4) is 0 Å². The zero-order valence-corrected chi connectivity index (χ0v) is 12.0. The van der Waals surface area contributed by atoms with Gasteiger partial charge in [-0.25, -0.2) is 0 Å². The Kier molecular flexibility index (Phi) is 4.97. The first kappa shape index (κ1) is 13.3. The van der Waals surface area contributed by atoms with Crippen molar-refractivity contribution in [1.29, 1.82) is 0 Å². The quantitative estimate of drug-likeness (QED) is 0.830. The molecule has 1 N–H and O–H groups in total. The lowest BCUT2D eigenvalue weighted by Gasteiger charge is -2.16. The van der Waals surface area contributed by atoms with Crippen LogP contribution in [0.5, 0.6) is 0 Å². The van der Waals surface area contributed by atoms with E-state index in [4.69, 9.17) is 0 Å². The maximum atomic E-state index is 3.31. The average molecular weight is 259 g/mol. The van der Waals surface area contributed by atoms with E-state index < -0.39 is 0 Å². The van der Waals surface area contributed by atoms with Crippen LogP contribution in [0.4, 0.5) is 0 Å². The minimum absolute atomic E-state index is 0.569. The molecule has 1 aromatic heterocycles. The van der Waals surface area contributed by atoms with E-state index in [-0.39, 0.29) is 0 Å². The highest BCUT2D eigenvalue weighted by Crippen LogP contribution is 2.25. The Bertz CT molecular complexity index is 461. The molecule has 18 heavy (non-hydrogen) atoms. The fourth-order valence-electron chi connectivity index (χ4n) is 2.24. The van der Waals surface area contributed by atoms with Gasteiger partial charge < -0.3 is 5.32 Å². The molecule has 1 unspecified atom stereocenters. The van der Waals surface area contributed by atoms with Crippen LogP contribution in [0.2, 0.25) is 0 Å². The van der Waals surface area contributed by atoms with Crippen LogP contribution >= 0.6 is 11.3 Å². The van der Waals surface area contributed by atoms with Crippen molar-refractivity contribution in [2.75, 3.05) is 13.6 Å². The molecule has 1 atom stereocenters. The molecule has 0 aliphatic carbocycles. The van der Waals surface area contributed by atoms with E-state index in [1.807, 2.05) is 18.4 Å². The van der Waals surface area contributed by atoms with Crippen LogP contribution < -0.4 is 5.32 Å². The molecular formula is C16H21NS. The summed E-state index contributed by atoms with van der Waals surface area (Å²) >= 11 is 1.95. The third kappa shape index (κ3) is 3.44. The van der Waals surface area contributed by atoms with E-state index in [1.54, 1.807) is 0 Å². The molecule has 1 nitrogen and oxygen atoms in total. The third-order valence-electron chi connectivity index (χ3n) is 3.23. The van der Waals surface area contributed by atoms with Gasteiger partial charge in [0.05, 0.1) is 0 Å². The van der Waals surface area contributed by atoms with Crippen LogP contribution in [-0.2, 0) is 12.8 Å². The van der Waals surface area contributed by atoms with E-state index in [1.165, 1.54) is 15.3 Å². The van der Waals surface area contributed by atoms with Gasteiger partial charge in [-0.2, -0.15) is 0 Å². The van der Waals surface area contributed by atoms with Gasteiger partial charge in [0, 0.05) is 22.2 Å². The van der Waals surface area contributed by atoms with Crippen molar-refractivity contribution in [2.45, 2.75) is 25.7 Å². The molecule has 0 fully saturated rings. The minimum atomic E-state index is 0.569. The maximum Gasteiger partial charge on any atom is 0.00547 e. The Balaban J connectivity index is 2.11. The molecule has 2 rings (SSSR count). The summed E-state index contributed by atoms with van der Waals surface area (Å²) in [4.78, 5) is 2.98. The monoisotopic (exact) mass is 259 g/mol. The molecule has 0 amide bonds. The van der Waals surface area contributed by atoms with Crippen molar-refractivity contribution in [1.82, 2.24) is 5.32 Å². The first-order valence-corrected chi connectivity index (χ1v) is 7.42. The fraction of sp³-hybridized carbons (Fsp3) is 0.375. The number of hydrogen-bond acceptors (Lipinski definition) is 2. The summed E-state index contributed by atoms with van der Waals surface area (Å²) in [5.41, 5.74) is 1.43. The molecule has 0 spiro atoms. The largest absolute Gasteiger partial charge is 0.319 e. The number of hydrogen-bond donors (Lipinski definition) is 1. The SMILES string of the molecule is CCc1ccc(CC(CNC)c2ccccc2)s1. The summed E-state index contributed by atoms with van der Waals surface area (Å²) in [5.74, 6) is 0.569. The van der Waals surface area contributed by atoms with E-state index >= 15 is 0 Å². The fourth-order valence-corrected chi connectivity index (χ4v) is 3.28. The molecule has 0 saturated carbocycles. The zero-order valence-electron chi connectivity index (χ0n) is 11.1. The number of aryl methyl sites for hydroxylation is 1. The van der Waals surface area contributed by atoms with Gasteiger partial charge in [-0.3, -0.25) is 0 Å². The van der Waals surface area contributed by atoms with Gasteiger partial charge in [-0.15, -0.1) is 11.3 Å². The third-order valence-corrected chi connectivity index (χ3v) is 4.49. The molecule has 0 radical (unpaired) electrons. The molecule has 1 heterocycles. The molecule has 1 aromatic carbocycles. The first-order valence-electron chi connectivity index (χ1n) is 6.60. The minimum Gasteiger partial charge on any atom is -0.319 e. The van der Waals surface area contributed by atoms with Gasteiger partial charge in [-0.1, -0.05) is 37.3 Å². The van der Waals surface area contributed by atoms with Crippen molar-refractivity contribution in [3.05, 3.63) is 57.8 Å². The number of benzene rings is 1. The normalized spacial score (nSPS) is 12.6. The second-order valence-corrected chi connectivity index (χ2v) is 5.84. The topological polar surface area (TPSA) is 12.0 Å². The Morgan fingerprint density at radius 2 is 1.78 bits per heavy atom. The van der Waals surface area contributed by atoms with Crippen molar-refractivity contribution >= 4 is 11.3 Å². The average Bonchev–Trinajstić information content (AvgIpc) is 2.87. The lowest BCUT2D eigenvalue weighted by molar-refractivity contribution is 0.630. The van der Waals surface area contributed by atoms with Gasteiger partial charge in [0.15, 0.2) is 0 Å². The number of likely N-dealkylation sites (N-methyl/N-ethyl adjacent to an activating group) is 1. The number of nitrogens with one attached hydrogen (secondary N) is 1. The Labute approximate surface area is 114 Å². The highest BCUT2D eigenvalue weighted by atomic mass is 32.1. The van der Waals surface area contributed by atoms with E-state index in [2.05, 4.69) is 54.7 Å². The summed E-state index contributed by atoms with van der Waals surface area (Å²) in [6, 6.07) is 15.4. The highest BCUT2D eigenvalue weighted by Gasteiger charge is 2.12. The van der Waals surface area contributed by atoms with Crippen LogP contribution in [0.1, 0.15) is 28.2 Å². The van der Waals surface area contributed by atoms with Gasteiger partial charge in [0.25, 0.3) is 0 Å². The Hall–Kier alpha value is -1.12. The van der Waals surface area contributed by atoms with E-state index in [0.29, 0.717) is 5.92 Å². The Morgan fingerprint density at radius 1 is 1.06 bits per heavy atom. The lowest BCUT2D eigenvalue weighted by atomic mass is 9.95. The molecular weight excluding hydrogens is 238 g/mol. The predicted molar refractivity (Wildman–Crippen MR) is 80.5 cm³/mol. The number of thiophene rings is 1. The van der Waals surface area contributed by atoms with E-state index in [0.717, 1.165) is 19.4 Å². The van der Waals surface area contributed by atoms with Crippen LogP contribution in [0.15, 0.2) is 42.5 Å². The summed E-state index contributed by atoms with van der Waals surface area (Å²) < 4.78 is 0. The van der Waals surface area contributed by atoms with Crippen LogP contribution in [0, 0.1) is 0 Å². The molecule has 0 saturated heterocycles. The number of rotatable bonds is 6. The predicted octanol–water partition coefficient (Wildman–Crippen LogP) is 3.86. The van der Waals surface area contributed by atoms with E-state index in [9.17, 15) is 0 Å². The zero-order chi connectivity index (χ0) is 12.8. The standard InChI is InChI=1S/C16H21NS/c1-3-15-9-10-16(18-15)11-14(12-17-2)13-7-5-4-6-8-13/h4-10,14,17H,3,11-12H2,1-2H3. The molecule has 96 valence electrons. The smallest absolute Gasteiger partial charge is 0.00547 e. The molecule has 0 bridgehead atoms. The Morgan fingerprint density at radius 3 is 2.39 bits per heavy atom. The van der Waals surface area contributed by atoms with Crippen LogP contribution in [0.3, 0.4) is 0 Å². The first-order chi connectivity index (χ1) is 8.83. The second kappa shape index (κ2) is 6.72. The van der Waals surface area contributed by atoms with Crippen molar-refractivity contribution in [2.24, 2.45) is 0 Å². The lowest BCUT2D eigenvalue weighted by Crippen LogP contribution is -2.18. The summed E-state index contributed by atoms with van der Waals surface area (Å²) in [6.07, 6.45) is 2.28. The maximum absolute atomic E-state index is 3.31. The summed E-state index contributed by atoms with van der Waals surface area (Å²) in [7, 11) is 2.03. The summed E-state index contributed by atoms with van der Waals surface area (Å²) in [6.45, 7) is 3.25. The summed E-state index contributed by atoms with van der Waals surface area (Å²) in [5, 5.41) is 3.31. The molecule has 0 aliphatic heterocycles.